The van der Waals surface area contributed by atoms with Crippen molar-refractivity contribution in [3.63, 3.8) is 0 Å². The van der Waals surface area contributed by atoms with Crippen LogP contribution in [-0.2, 0) is 11.3 Å². The van der Waals surface area contributed by atoms with Crippen LogP contribution in [0.1, 0.15) is 12.0 Å². The number of hydrogen-bond acceptors (Lipinski definition) is 4. The van der Waals surface area contributed by atoms with Gasteiger partial charge in [0.1, 0.15) is 5.75 Å². The van der Waals surface area contributed by atoms with Crippen molar-refractivity contribution in [2.75, 3.05) is 20.2 Å². The van der Waals surface area contributed by atoms with E-state index in [1.807, 2.05) is 30.3 Å². The second-order valence-electron chi connectivity index (χ2n) is 5.95. The summed E-state index contributed by atoms with van der Waals surface area (Å²) in [6.45, 7) is 2.26. The summed E-state index contributed by atoms with van der Waals surface area (Å²) in [6.07, 6.45) is 0.737. The molecule has 2 aromatic carbocycles. The van der Waals surface area contributed by atoms with Gasteiger partial charge in [-0.05, 0) is 42.8 Å². The van der Waals surface area contributed by atoms with Crippen LogP contribution in [0.25, 0.3) is 0 Å². The minimum Gasteiger partial charge on any atom is -0.497 e. The SMILES string of the molecule is COc1cccc(Sc2ccccc2CN2CCC(C(=O)O)C2)c1. The Morgan fingerprint density at radius 3 is 2.88 bits per heavy atom. The average Bonchev–Trinajstić information content (AvgIpc) is 3.06. The van der Waals surface area contributed by atoms with Gasteiger partial charge < -0.3 is 9.84 Å². The topological polar surface area (TPSA) is 49.8 Å². The van der Waals surface area contributed by atoms with Crippen LogP contribution in [0.2, 0.25) is 0 Å². The maximum absolute atomic E-state index is 11.1. The zero-order valence-electron chi connectivity index (χ0n) is 13.6. The second-order valence-corrected chi connectivity index (χ2v) is 7.06. The molecule has 0 amide bonds. The molecule has 24 heavy (non-hydrogen) atoms. The van der Waals surface area contributed by atoms with E-state index in [2.05, 4.69) is 23.1 Å². The molecule has 0 aliphatic carbocycles. The normalized spacial score (nSPS) is 17.8. The third-order valence-electron chi connectivity index (χ3n) is 4.26. The summed E-state index contributed by atoms with van der Waals surface area (Å²) < 4.78 is 5.29. The monoisotopic (exact) mass is 343 g/mol. The van der Waals surface area contributed by atoms with E-state index in [9.17, 15) is 4.79 Å². The van der Waals surface area contributed by atoms with Crippen LogP contribution in [-0.4, -0.2) is 36.2 Å². The fraction of sp³-hybridized carbons (Fsp3) is 0.316. The lowest BCUT2D eigenvalue weighted by atomic mass is 10.1. The number of carboxylic acid groups (broad SMARTS) is 1. The molecule has 0 aromatic heterocycles. The van der Waals surface area contributed by atoms with Gasteiger partial charge in [-0.15, -0.1) is 0 Å². The smallest absolute Gasteiger partial charge is 0.307 e. The predicted octanol–water partition coefficient (Wildman–Crippen LogP) is 3.75. The first-order chi connectivity index (χ1) is 11.7. The number of nitrogens with zero attached hydrogens (tertiary/aromatic N) is 1. The number of hydrogen-bond donors (Lipinski definition) is 1. The van der Waals surface area contributed by atoms with Gasteiger partial charge in [0.15, 0.2) is 0 Å². The van der Waals surface area contributed by atoms with E-state index >= 15 is 0 Å². The minimum absolute atomic E-state index is 0.233. The number of carbonyl (C=O) groups is 1. The molecule has 1 heterocycles. The zero-order chi connectivity index (χ0) is 16.9. The summed E-state index contributed by atoms with van der Waals surface area (Å²) in [5, 5.41) is 9.15. The molecule has 0 bridgehead atoms. The van der Waals surface area contributed by atoms with Gasteiger partial charge in [-0.2, -0.15) is 0 Å². The molecule has 0 radical (unpaired) electrons. The number of aliphatic carboxylic acids is 1. The Bertz CT molecular complexity index is 719. The molecule has 4 nitrogen and oxygen atoms in total. The lowest BCUT2D eigenvalue weighted by Crippen LogP contribution is -2.23. The van der Waals surface area contributed by atoms with Crippen molar-refractivity contribution >= 4 is 17.7 Å². The van der Waals surface area contributed by atoms with E-state index in [0.29, 0.717) is 6.54 Å². The molecule has 1 fully saturated rings. The molecule has 1 aliphatic rings. The average molecular weight is 343 g/mol. The van der Waals surface area contributed by atoms with Crippen LogP contribution in [0.5, 0.6) is 5.75 Å². The molecule has 0 saturated carbocycles. The Morgan fingerprint density at radius 1 is 1.29 bits per heavy atom. The van der Waals surface area contributed by atoms with E-state index in [0.717, 1.165) is 30.2 Å². The first-order valence-electron chi connectivity index (χ1n) is 8.00. The summed E-state index contributed by atoms with van der Waals surface area (Å²) in [5.41, 5.74) is 1.23. The Morgan fingerprint density at radius 2 is 2.12 bits per heavy atom. The summed E-state index contributed by atoms with van der Waals surface area (Å²) >= 11 is 1.71. The molecule has 1 N–H and O–H groups in total. The van der Waals surface area contributed by atoms with Gasteiger partial charge in [0.05, 0.1) is 13.0 Å². The molecule has 1 saturated heterocycles. The van der Waals surface area contributed by atoms with Gasteiger partial charge in [0.2, 0.25) is 0 Å². The molecule has 0 spiro atoms. The van der Waals surface area contributed by atoms with Crippen molar-refractivity contribution in [1.82, 2.24) is 4.90 Å². The lowest BCUT2D eigenvalue weighted by molar-refractivity contribution is -0.141. The van der Waals surface area contributed by atoms with Gasteiger partial charge in [0.25, 0.3) is 0 Å². The van der Waals surface area contributed by atoms with E-state index in [1.165, 1.54) is 10.5 Å². The number of benzene rings is 2. The minimum atomic E-state index is -0.684. The summed E-state index contributed by atoms with van der Waals surface area (Å²) in [4.78, 5) is 15.7. The van der Waals surface area contributed by atoms with Crippen LogP contribution in [0, 0.1) is 5.92 Å². The van der Waals surface area contributed by atoms with Crippen molar-refractivity contribution in [2.24, 2.45) is 5.92 Å². The van der Waals surface area contributed by atoms with E-state index in [-0.39, 0.29) is 5.92 Å². The molecular formula is C19H21NO3S. The van der Waals surface area contributed by atoms with Crippen molar-refractivity contribution in [2.45, 2.75) is 22.8 Å². The van der Waals surface area contributed by atoms with Crippen molar-refractivity contribution < 1.29 is 14.6 Å². The number of carboxylic acids is 1. The standard InChI is InChI=1S/C19H21NO3S/c1-23-16-6-4-7-17(11-16)24-18-8-3-2-5-14(18)12-20-10-9-15(13-20)19(21)22/h2-8,11,15H,9-10,12-13H2,1H3,(H,21,22). The van der Waals surface area contributed by atoms with Crippen LogP contribution in [0.15, 0.2) is 58.3 Å². The fourth-order valence-electron chi connectivity index (χ4n) is 2.94. The maximum atomic E-state index is 11.1. The Balaban J connectivity index is 1.72. The highest BCUT2D eigenvalue weighted by molar-refractivity contribution is 7.99. The fourth-order valence-corrected chi connectivity index (χ4v) is 3.93. The molecule has 1 unspecified atom stereocenters. The molecule has 1 aliphatic heterocycles. The number of rotatable bonds is 6. The third-order valence-corrected chi connectivity index (χ3v) is 5.37. The molecule has 3 rings (SSSR count). The van der Waals surface area contributed by atoms with E-state index in [4.69, 9.17) is 9.84 Å². The summed E-state index contributed by atoms with van der Waals surface area (Å²) in [6, 6.07) is 16.3. The van der Waals surface area contributed by atoms with Crippen molar-refractivity contribution in [3.8, 4) is 5.75 Å². The third kappa shape index (κ3) is 4.10. The molecule has 5 heteroatoms. The van der Waals surface area contributed by atoms with Crippen LogP contribution in [0.4, 0.5) is 0 Å². The summed E-state index contributed by atoms with van der Waals surface area (Å²) in [7, 11) is 1.67. The molecular weight excluding hydrogens is 322 g/mol. The van der Waals surface area contributed by atoms with E-state index in [1.54, 1.807) is 18.9 Å². The molecule has 2 aromatic rings. The van der Waals surface area contributed by atoms with Gasteiger partial charge >= 0.3 is 5.97 Å². The molecule has 1 atom stereocenters. The molecule has 126 valence electrons. The predicted molar refractivity (Wildman–Crippen MR) is 94.6 cm³/mol. The lowest BCUT2D eigenvalue weighted by Gasteiger charge is -2.17. The van der Waals surface area contributed by atoms with Crippen LogP contribution >= 0.6 is 11.8 Å². The number of likely N-dealkylation sites (tertiary alicyclic amines) is 1. The van der Waals surface area contributed by atoms with Gasteiger partial charge in [-0.1, -0.05) is 36.0 Å². The highest BCUT2D eigenvalue weighted by atomic mass is 32.2. The summed E-state index contributed by atoms with van der Waals surface area (Å²) in [5.74, 6) is -0.0685. The second kappa shape index (κ2) is 7.73. The Labute approximate surface area is 146 Å². The van der Waals surface area contributed by atoms with Gasteiger partial charge in [0, 0.05) is 22.9 Å². The first-order valence-corrected chi connectivity index (χ1v) is 8.82. The number of methoxy groups -OCH3 is 1. The highest BCUT2D eigenvalue weighted by Crippen LogP contribution is 2.33. The van der Waals surface area contributed by atoms with Crippen LogP contribution in [0.3, 0.4) is 0 Å². The van der Waals surface area contributed by atoms with Gasteiger partial charge in [-0.25, -0.2) is 0 Å². The van der Waals surface area contributed by atoms with Crippen molar-refractivity contribution in [3.05, 3.63) is 54.1 Å². The Kier molecular flexibility index (Phi) is 5.43. The van der Waals surface area contributed by atoms with E-state index < -0.39 is 5.97 Å². The number of ether oxygens (including phenoxy) is 1. The Hall–Kier alpha value is -1.98. The maximum Gasteiger partial charge on any atom is 0.307 e. The zero-order valence-corrected chi connectivity index (χ0v) is 14.5. The quantitative estimate of drug-likeness (QED) is 0.865. The van der Waals surface area contributed by atoms with Crippen molar-refractivity contribution in [1.29, 1.82) is 0 Å². The first kappa shape index (κ1) is 16.9. The van der Waals surface area contributed by atoms with Crippen LogP contribution < -0.4 is 4.74 Å². The van der Waals surface area contributed by atoms with Gasteiger partial charge in [-0.3, -0.25) is 9.69 Å². The largest absolute Gasteiger partial charge is 0.497 e. The highest BCUT2D eigenvalue weighted by Gasteiger charge is 2.28.